The predicted molar refractivity (Wildman–Crippen MR) is 81.9 cm³/mol. The fourth-order valence-corrected chi connectivity index (χ4v) is 2.34. The summed E-state index contributed by atoms with van der Waals surface area (Å²) in [6.45, 7) is 0.123. The van der Waals surface area contributed by atoms with Crippen molar-refractivity contribution in [3.8, 4) is 0 Å². The Morgan fingerprint density at radius 3 is 2.87 bits per heavy atom. The normalized spacial score (nSPS) is 12.4. The zero-order valence-electron chi connectivity index (χ0n) is 12.5. The van der Waals surface area contributed by atoms with E-state index in [-0.39, 0.29) is 25.1 Å². The van der Waals surface area contributed by atoms with Crippen LogP contribution in [0.3, 0.4) is 0 Å². The number of furan rings is 1. The molecule has 0 radical (unpaired) electrons. The quantitative estimate of drug-likeness (QED) is 0.748. The molecule has 1 aromatic carbocycles. The Labute approximate surface area is 131 Å². The van der Waals surface area contributed by atoms with Crippen LogP contribution in [0.15, 0.2) is 56.3 Å². The van der Waals surface area contributed by atoms with Crippen molar-refractivity contribution in [3.05, 3.63) is 59.0 Å². The van der Waals surface area contributed by atoms with Gasteiger partial charge in [0.05, 0.1) is 18.3 Å². The first kappa shape index (κ1) is 15.1. The predicted octanol–water partition coefficient (Wildman–Crippen LogP) is 1.69. The summed E-state index contributed by atoms with van der Waals surface area (Å²) in [6.07, 6.45) is 1.16. The highest BCUT2D eigenvalue weighted by molar-refractivity contribution is 5.79. The molecule has 1 amide bonds. The number of nitrogens with one attached hydrogen (secondary N) is 1. The van der Waals surface area contributed by atoms with Crippen molar-refractivity contribution in [2.45, 2.75) is 12.6 Å². The summed E-state index contributed by atoms with van der Waals surface area (Å²) in [7, 11) is 1.54. The lowest BCUT2D eigenvalue weighted by Gasteiger charge is -2.13. The average molecular weight is 316 g/mol. The highest BCUT2D eigenvalue weighted by atomic mass is 16.5. The largest absolute Gasteiger partial charge is 0.467 e. The molecule has 7 heteroatoms. The average Bonchev–Trinajstić information content (AvgIpc) is 3.17. The summed E-state index contributed by atoms with van der Waals surface area (Å²) in [5.41, 5.74) is 1.04. The number of benzene rings is 1. The third kappa shape index (κ3) is 3.19. The molecule has 7 nitrogen and oxygen atoms in total. The molecule has 0 fully saturated rings. The minimum atomic E-state index is -0.560. The van der Waals surface area contributed by atoms with Gasteiger partial charge in [-0.1, -0.05) is 12.1 Å². The van der Waals surface area contributed by atoms with Crippen LogP contribution in [0.25, 0.3) is 11.1 Å². The molecule has 23 heavy (non-hydrogen) atoms. The number of aromatic nitrogens is 1. The molecule has 1 atom stereocenters. The Hall–Kier alpha value is -2.80. The first-order valence-electron chi connectivity index (χ1n) is 7.10. The van der Waals surface area contributed by atoms with Gasteiger partial charge in [0.1, 0.15) is 18.4 Å². The lowest BCUT2D eigenvalue weighted by molar-refractivity contribution is -0.122. The molecule has 3 aromatic rings. The molecule has 1 N–H and O–H groups in total. The van der Waals surface area contributed by atoms with E-state index in [9.17, 15) is 9.59 Å². The number of methoxy groups -OCH3 is 1. The summed E-state index contributed by atoms with van der Waals surface area (Å²) in [6, 6.07) is 10.5. The van der Waals surface area contributed by atoms with Gasteiger partial charge in [-0.15, -0.1) is 0 Å². The van der Waals surface area contributed by atoms with Crippen LogP contribution in [-0.4, -0.2) is 24.1 Å². The van der Waals surface area contributed by atoms with Gasteiger partial charge < -0.3 is 18.9 Å². The lowest BCUT2D eigenvalue weighted by Crippen LogP contribution is -2.33. The van der Waals surface area contributed by atoms with E-state index in [1.165, 1.54) is 11.7 Å². The van der Waals surface area contributed by atoms with Crippen molar-refractivity contribution in [1.82, 2.24) is 9.88 Å². The van der Waals surface area contributed by atoms with E-state index in [2.05, 4.69) is 5.32 Å². The van der Waals surface area contributed by atoms with Crippen molar-refractivity contribution >= 4 is 17.0 Å². The number of ether oxygens (including phenoxy) is 1. The Balaban J connectivity index is 1.67. The van der Waals surface area contributed by atoms with Gasteiger partial charge in [-0.05, 0) is 24.3 Å². The second-order valence-electron chi connectivity index (χ2n) is 4.97. The summed E-state index contributed by atoms with van der Waals surface area (Å²) < 4.78 is 16.9. The van der Waals surface area contributed by atoms with Crippen LogP contribution in [0, 0.1) is 0 Å². The number of oxazole rings is 1. The summed E-state index contributed by atoms with van der Waals surface area (Å²) in [4.78, 5) is 23.9. The molecule has 0 aliphatic carbocycles. The van der Waals surface area contributed by atoms with Gasteiger partial charge in [-0.3, -0.25) is 9.36 Å². The summed E-state index contributed by atoms with van der Waals surface area (Å²) in [5.74, 6) is -0.248. The third-order valence-corrected chi connectivity index (χ3v) is 3.51. The third-order valence-electron chi connectivity index (χ3n) is 3.51. The first-order valence-corrected chi connectivity index (χ1v) is 7.10. The molecule has 0 saturated carbocycles. The van der Waals surface area contributed by atoms with Crippen LogP contribution in [-0.2, 0) is 16.1 Å². The number of amides is 1. The maximum absolute atomic E-state index is 12.1. The zero-order chi connectivity index (χ0) is 16.2. The fourth-order valence-electron chi connectivity index (χ4n) is 2.34. The number of hydrogen-bond donors (Lipinski definition) is 1. The van der Waals surface area contributed by atoms with Crippen molar-refractivity contribution in [1.29, 1.82) is 0 Å². The highest BCUT2D eigenvalue weighted by Gasteiger charge is 2.16. The lowest BCUT2D eigenvalue weighted by atomic mass is 10.2. The van der Waals surface area contributed by atoms with Gasteiger partial charge in [0.25, 0.3) is 0 Å². The van der Waals surface area contributed by atoms with E-state index in [1.807, 2.05) is 0 Å². The molecule has 0 aliphatic heterocycles. The molecule has 0 bridgehead atoms. The van der Waals surface area contributed by atoms with E-state index >= 15 is 0 Å². The number of rotatable bonds is 6. The topological polar surface area (TPSA) is 86.6 Å². The summed E-state index contributed by atoms with van der Waals surface area (Å²) in [5, 5.41) is 2.73. The smallest absolute Gasteiger partial charge is 0.420 e. The van der Waals surface area contributed by atoms with Gasteiger partial charge >= 0.3 is 5.76 Å². The van der Waals surface area contributed by atoms with E-state index in [0.29, 0.717) is 16.9 Å². The van der Waals surface area contributed by atoms with E-state index in [4.69, 9.17) is 13.6 Å². The number of nitrogens with zero attached hydrogens (tertiary/aromatic N) is 1. The zero-order valence-corrected chi connectivity index (χ0v) is 12.5. The number of fused-ring (bicyclic) bond motifs is 1. The molecular weight excluding hydrogens is 300 g/mol. The Morgan fingerprint density at radius 1 is 1.30 bits per heavy atom. The standard InChI is InChI=1S/C16H16N2O5/c1-21-14(13-7-4-8-22-13)9-17-15(19)10-18-11-5-2-3-6-12(11)23-16(18)20/h2-8,14H,9-10H2,1H3,(H,17,19). The Kier molecular flexibility index (Phi) is 4.29. The van der Waals surface area contributed by atoms with E-state index in [0.717, 1.165) is 0 Å². The number of hydrogen-bond acceptors (Lipinski definition) is 5. The molecule has 0 saturated heterocycles. The molecule has 0 aliphatic rings. The van der Waals surface area contributed by atoms with Crippen molar-refractivity contribution in [3.63, 3.8) is 0 Å². The van der Waals surface area contributed by atoms with Gasteiger partial charge in [0.2, 0.25) is 5.91 Å². The van der Waals surface area contributed by atoms with Crippen molar-refractivity contribution in [2.24, 2.45) is 0 Å². The maximum Gasteiger partial charge on any atom is 0.420 e. The van der Waals surface area contributed by atoms with Gasteiger partial charge in [-0.25, -0.2) is 4.79 Å². The highest BCUT2D eigenvalue weighted by Crippen LogP contribution is 2.16. The molecule has 2 aromatic heterocycles. The molecular formula is C16H16N2O5. The van der Waals surface area contributed by atoms with Crippen molar-refractivity contribution in [2.75, 3.05) is 13.7 Å². The minimum Gasteiger partial charge on any atom is -0.467 e. The number of carbonyl (C=O) groups excluding carboxylic acids is 1. The Bertz CT molecular complexity index is 847. The molecule has 3 rings (SSSR count). The SMILES string of the molecule is COC(CNC(=O)Cn1c(=O)oc2ccccc21)c1ccco1. The minimum absolute atomic E-state index is 0.121. The summed E-state index contributed by atoms with van der Waals surface area (Å²) >= 11 is 0. The van der Waals surface area contributed by atoms with Crippen LogP contribution in [0.1, 0.15) is 11.9 Å². The van der Waals surface area contributed by atoms with Gasteiger partial charge in [0.15, 0.2) is 5.58 Å². The van der Waals surface area contributed by atoms with Crippen LogP contribution >= 0.6 is 0 Å². The van der Waals surface area contributed by atoms with Crippen molar-refractivity contribution < 1.29 is 18.4 Å². The molecule has 1 unspecified atom stereocenters. The molecule has 2 heterocycles. The number of para-hydroxylation sites is 2. The Morgan fingerprint density at radius 2 is 2.13 bits per heavy atom. The second kappa shape index (κ2) is 6.53. The fraction of sp³-hybridized carbons (Fsp3) is 0.250. The van der Waals surface area contributed by atoms with Crippen LogP contribution in [0.5, 0.6) is 0 Å². The van der Waals surface area contributed by atoms with Crippen LogP contribution in [0.2, 0.25) is 0 Å². The van der Waals surface area contributed by atoms with Crippen LogP contribution in [0.4, 0.5) is 0 Å². The second-order valence-corrected chi connectivity index (χ2v) is 4.97. The maximum atomic E-state index is 12.1. The van der Waals surface area contributed by atoms with Gasteiger partial charge in [0, 0.05) is 7.11 Å². The van der Waals surface area contributed by atoms with E-state index < -0.39 is 5.76 Å². The molecule has 0 spiro atoms. The van der Waals surface area contributed by atoms with Gasteiger partial charge in [-0.2, -0.15) is 0 Å². The monoisotopic (exact) mass is 316 g/mol. The first-order chi connectivity index (χ1) is 11.2. The van der Waals surface area contributed by atoms with Crippen LogP contribution < -0.4 is 11.1 Å². The van der Waals surface area contributed by atoms with E-state index in [1.54, 1.807) is 42.7 Å². The molecule has 120 valence electrons. The number of carbonyl (C=O) groups is 1.